The van der Waals surface area contributed by atoms with Crippen LogP contribution in [0.15, 0.2) is 42.5 Å². The second-order valence-electron chi connectivity index (χ2n) is 4.32. The highest BCUT2D eigenvalue weighted by Crippen LogP contribution is 2.16. The number of ether oxygens (including phenoxy) is 1. The quantitative estimate of drug-likeness (QED) is 0.909. The van der Waals surface area contributed by atoms with Crippen molar-refractivity contribution in [2.24, 2.45) is 0 Å². The van der Waals surface area contributed by atoms with Gasteiger partial charge in [-0.25, -0.2) is 4.39 Å². The van der Waals surface area contributed by atoms with Gasteiger partial charge in [0.2, 0.25) is 0 Å². The molecule has 0 atom stereocenters. The standard InChI is InChI=1S/C16H14FNO2/c17-16-6-3-13(10-18)9-14(16)11-20-15-4-1-12(2-5-15)7-8-19/h1-6,9,19H,7-8,11H2. The fourth-order valence-corrected chi connectivity index (χ4v) is 1.80. The molecule has 4 heteroatoms. The molecule has 0 bridgehead atoms. The highest BCUT2D eigenvalue weighted by atomic mass is 19.1. The van der Waals surface area contributed by atoms with Crippen molar-refractivity contribution < 1.29 is 14.2 Å². The van der Waals surface area contributed by atoms with E-state index >= 15 is 0 Å². The van der Waals surface area contributed by atoms with E-state index < -0.39 is 0 Å². The maximum Gasteiger partial charge on any atom is 0.129 e. The van der Waals surface area contributed by atoms with Crippen molar-refractivity contribution in [1.29, 1.82) is 5.26 Å². The lowest BCUT2D eigenvalue weighted by Crippen LogP contribution is -1.99. The van der Waals surface area contributed by atoms with E-state index in [0.29, 0.717) is 23.3 Å². The Balaban J connectivity index is 2.03. The second-order valence-corrected chi connectivity index (χ2v) is 4.32. The molecule has 0 radical (unpaired) electrons. The van der Waals surface area contributed by atoms with Crippen molar-refractivity contribution in [2.75, 3.05) is 6.61 Å². The summed E-state index contributed by atoms with van der Waals surface area (Å²) < 4.78 is 19.0. The molecule has 0 heterocycles. The van der Waals surface area contributed by atoms with E-state index in [1.807, 2.05) is 18.2 Å². The van der Waals surface area contributed by atoms with E-state index in [9.17, 15) is 4.39 Å². The van der Waals surface area contributed by atoms with Crippen LogP contribution >= 0.6 is 0 Å². The molecule has 0 aliphatic rings. The van der Waals surface area contributed by atoms with Crippen molar-refractivity contribution in [1.82, 2.24) is 0 Å². The third kappa shape index (κ3) is 3.56. The lowest BCUT2D eigenvalue weighted by molar-refractivity contribution is 0.296. The smallest absolute Gasteiger partial charge is 0.129 e. The van der Waals surface area contributed by atoms with Crippen molar-refractivity contribution in [2.45, 2.75) is 13.0 Å². The number of aliphatic hydroxyl groups excluding tert-OH is 1. The van der Waals surface area contributed by atoms with Gasteiger partial charge in [0.05, 0.1) is 11.6 Å². The molecule has 0 fully saturated rings. The van der Waals surface area contributed by atoms with Crippen LogP contribution in [0, 0.1) is 17.1 Å². The molecular weight excluding hydrogens is 257 g/mol. The normalized spacial score (nSPS) is 10.1. The number of hydrogen-bond donors (Lipinski definition) is 1. The van der Waals surface area contributed by atoms with E-state index in [1.54, 1.807) is 12.1 Å². The van der Waals surface area contributed by atoms with Crippen LogP contribution in [0.5, 0.6) is 5.75 Å². The van der Waals surface area contributed by atoms with Crippen LogP contribution in [0.3, 0.4) is 0 Å². The maximum absolute atomic E-state index is 13.6. The van der Waals surface area contributed by atoms with Gasteiger partial charge < -0.3 is 9.84 Å². The van der Waals surface area contributed by atoms with Gasteiger partial charge in [0, 0.05) is 12.2 Å². The molecule has 0 aliphatic heterocycles. The lowest BCUT2D eigenvalue weighted by atomic mass is 10.1. The SMILES string of the molecule is N#Cc1ccc(F)c(COc2ccc(CCO)cc2)c1. The van der Waals surface area contributed by atoms with E-state index in [2.05, 4.69) is 0 Å². The largest absolute Gasteiger partial charge is 0.489 e. The molecule has 20 heavy (non-hydrogen) atoms. The first kappa shape index (κ1) is 14.0. The summed E-state index contributed by atoms with van der Waals surface area (Å²) in [4.78, 5) is 0. The van der Waals surface area contributed by atoms with Gasteiger partial charge in [0.15, 0.2) is 0 Å². The molecule has 102 valence electrons. The van der Waals surface area contributed by atoms with E-state index in [4.69, 9.17) is 15.1 Å². The topological polar surface area (TPSA) is 53.2 Å². The molecule has 2 aromatic rings. The molecular formula is C16H14FNO2. The highest BCUT2D eigenvalue weighted by Gasteiger charge is 2.05. The Labute approximate surface area is 116 Å². The minimum absolute atomic E-state index is 0.0701. The van der Waals surface area contributed by atoms with Gasteiger partial charge in [0.25, 0.3) is 0 Å². The maximum atomic E-state index is 13.6. The molecule has 0 unspecified atom stereocenters. The van der Waals surface area contributed by atoms with Crippen molar-refractivity contribution in [3.8, 4) is 11.8 Å². The summed E-state index contributed by atoms with van der Waals surface area (Å²) in [7, 11) is 0. The van der Waals surface area contributed by atoms with Crippen LogP contribution in [0.4, 0.5) is 4.39 Å². The minimum atomic E-state index is -0.388. The molecule has 3 nitrogen and oxygen atoms in total. The molecule has 0 spiro atoms. The summed E-state index contributed by atoms with van der Waals surface area (Å²) in [6, 6.07) is 13.4. The van der Waals surface area contributed by atoms with Gasteiger partial charge in [-0.1, -0.05) is 12.1 Å². The van der Waals surface area contributed by atoms with Crippen LogP contribution in [0.25, 0.3) is 0 Å². The zero-order valence-electron chi connectivity index (χ0n) is 10.8. The summed E-state index contributed by atoms with van der Waals surface area (Å²) >= 11 is 0. The molecule has 2 rings (SSSR count). The summed E-state index contributed by atoms with van der Waals surface area (Å²) in [5.41, 5.74) is 1.77. The first-order valence-electron chi connectivity index (χ1n) is 6.24. The van der Waals surface area contributed by atoms with Gasteiger partial charge in [-0.2, -0.15) is 5.26 Å². The fourth-order valence-electron chi connectivity index (χ4n) is 1.80. The molecule has 0 aromatic heterocycles. The van der Waals surface area contributed by atoms with Crippen molar-refractivity contribution >= 4 is 0 Å². The predicted molar refractivity (Wildman–Crippen MR) is 72.7 cm³/mol. The Morgan fingerprint density at radius 3 is 2.55 bits per heavy atom. The average Bonchev–Trinajstić information content (AvgIpc) is 2.48. The van der Waals surface area contributed by atoms with Gasteiger partial charge in [-0.3, -0.25) is 0 Å². The Morgan fingerprint density at radius 1 is 1.15 bits per heavy atom. The number of hydrogen-bond acceptors (Lipinski definition) is 3. The third-order valence-corrected chi connectivity index (χ3v) is 2.89. The van der Waals surface area contributed by atoms with Gasteiger partial charge in [0.1, 0.15) is 18.2 Å². The number of halogens is 1. The Bertz CT molecular complexity index is 617. The summed E-state index contributed by atoms with van der Waals surface area (Å²) in [5, 5.41) is 17.6. The number of nitriles is 1. The van der Waals surface area contributed by atoms with Gasteiger partial charge in [-0.05, 0) is 42.3 Å². The van der Waals surface area contributed by atoms with E-state index in [0.717, 1.165) is 5.56 Å². The van der Waals surface area contributed by atoms with Crippen LogP contribution in [-0.2, 0) is 13.0 Å². The van der Waals surface area contributed by atoms with E-state index in [1.165, 1.54) is 18.2 Å². The minimum Gasteiger partial charge on any atom is -0.489 e. The van der Waals surface area contributed by atoms with Crippen LogP contribution in [0.2, 0.25) is 0 Å². The van der Waals surface area contributed by atoms with Gasteiger partial charge >= 0.3 is 0 Å². The summed E-state index contributed by atoms with van der Waals surface area (Å²) in [5.74, 6) is 0.231. The Kier molecular flexibility index (Phi) is 4.70. The first-order valence-corrected chi connectivity index (χ1v) is 6.24. The molecule has 0 saturated carbocycles. The Morgan fingerprint density at radius 2 is 1.90 bits per heavy atom. The monoisotopic (exact) mass is 271 g/mol. The predicted octanol–water partition coefficient (Wildman–Crippen LogP) is 2.81. The second kappa shape index (κ2) is 6.69. The fraction of sp³-hybridized carbons (Fsp3) is 0.188. The molecule has 0 aliphatic carbocycles. The Hall–Kier alpha value is -2.38. The van der Waals surface area contributed by atoms with E-state index in [-0.39, 0.29) is 19.0 Å². The van der Waals surface area contributed by atoms with Gasteiger partial charge in [-0.15, -0.1) is 0 Å². The average molecular weight is 271 g/mol. The summed E-state index contributed by atoms with van der Waals surface area (Å²) in [6.07, 6.45) is 0.596. The number of rotatable bonds is 5. The zero-order chi connectivity index (χ0) is 14.4. The lowest BCUT2D eigenvalue weighted by Gasteiger charge is -2.08. The zero-order valence-corrected chi connectivity index (χ0v) is 10.8. The molecule has 2 aromatic carbocycles. The molecule has 1 N–H and O–H groups in total. The van der Waals surface area contributed by atoms with Crippen molar-refractivity contribution in [3.05, 3.63) is 65.0 Å². The van der Waals surface area contributed by atoms with Crippen LogP contribution in [0.1, 0.15) is 16.7 Å². The third-order valence-electron chi connectivity index (χ3n) is 2.89. The molecule has 0 saturated heterocycles. The summed E-state index contributed by atoms with van der Waals surface area (Å²) in [6.45, 7) is 0.174. The first-order chi connectivity index (χ1) is 9.72. The van der Waals surface area contributed by atoms with Crippen molar-refractivity contribution in [3.63, 3.8) is 0 Å². The number of aliphatic hydroxyl groups is 1. The van der Waals surface area contributed by atoms with Crippen LogP contribution in [-0.4, -0.2) is 11.7 Å². The number of benzene rings is 2. The van der Waals surface area contributed by atoms with Crippen LogP contribution < -0.4 is 4.74 Å². The highest BCUT2D eigenvalue weighted by molar-refractivity contribution is 5.34. The molecule has 0 amide bonds. The number of nitrogens with zero attached hydrogens (tertiary/aromatic N) is 1.